The van der Waals surface area contributed by atoms with E-state index in [-0.39, 0.29) is 5.92 Å². The minimum atomic E-state index is -0.706. The standard InChI is InChI=1S/C28H34N4O4S/c1-19-14-20(16-31-10-12-35-13-11-31)2-3-22(19)17-36-26-5-4-23(29)15-24(26)25-18-37-28(30-25)32-8-6-21(7-9-32)27(33)34/h2-5,14-15,18,21H,6-13,16-17,29H2,1H3,(H,33,34). The summed E-state index contributed by atoms with van der Waals surface area (Å²) in [4.78, 5) is 20.7. The first-order valence-corrected chi connectivity index (χ1v) is 13.7. The van der Waals surface area contributed by atoms with Gasteiger partial charge in [0, 0.05) is 49.4 Å². The topological polar surface area (TPSA) is 101 Å². The third-order valence-corrected chi connectivity index (χ3v) is 8.09. The fourth-order valence-electron chi connectivity index (χ4n) is 4.92. The van der Waals surface area contributed by atoms with Gasteiger partial charge in [-0.25, -0.2) is 4.98 Å². The number of ether oxygens (including phenoxy) is 2. The van der Waals surface area contributed by atoms with Gasteiger partial charge in [-0.3, -0.25) is 9.69 Å². The number of nitrogens with two attached hydrogens (primary N) is 1. The lowest BCUT2D eigenvalue weighted by molar-refractivity contribution is -0.142. The molecule has 3 heterocycles. The molecular formula is C28H34N4O4S. The number of thiazole rings is 1. The van der Waals surface area contributed by atoms with E-state index in [4.69, 9.17) is 20.2 Å². The fraction of sp³-hybridized carbons (Fsp3) is 0.429. The normalized spacial score (nSPS) is 17.2. The van der Waals surface area contributed by atoms with Crippen LogP contribution in [0.2, 0.25) is 0 Å². The Kier molecular flexibility index (Phi) is 7.93. The van der Waals surface area contributed by atoms with E-state index < -0.39 is 5.97 Å². The zero-order chi connectivity index (χ0) is 25.8. The lowest BCUT2D eigenvalue weighted by atomic mass is 9.97. The van der Waals surface area contributed by atoms with Gasteiger partial charge in [0.1, 0.15) is 12.4 Å². The number of carboxylic acid groups (broad SMARTS) is 1. The zero-order valence-corrected chi connectivity index (χ0v) is 22.0. The Bertz CT molecular complexity index is 1230. The molecule has 2 aliphatic rings. The van der Waals surface area contributed by atoms with Gasteiger partial charge in [-0.15, -0.1) is 11.3 Å². The van der Waals surface area contributed by atoms with Crippen LogP contribution in [-0.4, -0.2) is 60.4 Å². The number of carbonyl (C=O) groups is 1. The van der Waals surface area contributed by atoms with Crippen LogP contribution in [0.25, 0.3) is 11.3 Å². The van der Waals surface area contributed by atoms with Gasteiger partial charge in [0.25, 0.3) is 0 Å². The molecule has 0 saturated carbocycles. The van der Waals surface area contributed by atoms with Gasteiger partial charge < -0.3 is 25.2 Å². The number of rotatable bonds is 8. The Morgan fingerprint density at radius 3 is 2.68 bits per heavy atom. The molecule has 3 N–H and O–H groups in total. The Labute approximate surface area is 221 Å². The van der Waals surface area contributed by atoms with Gasteiger partial charge in [-0.05, 0) is 54.7 Å². The molecule has 2 aliphatic heterocycles. The number of carboxylic acids is 1. The molecule has 0 bridgehead atoms. The van der Waals surface area contributed by atoms with Crippen LogP contribution in [0.3, 0.4) is 0 Å². The molecule has 0 spiro atoms. The molecule has 2 fully saturated rings. The Morgan fingerprint density at radius 2 is 1.95 bits per heavy atom. The predicted octanol–water partition coefficient (Wildman–Crippen LogP) is 4.41. The number of anilines is 2. The second-order valence-corrected chi connectivity index (χ2v) is 10.6. The van der Waals surface area contributed by atoms with Gasteiger partial charge in [-0.2, -0.15) is 0 Å². The average Bonchev–Trinajstić information content (AvgIpc) is 3.40. The van der Waals surface area contributed by atoms with Crippen LogP contribution in [-0.2, 0) is 22.7 Å². The largest absolute Gasteiger partial charge is 0.488 e. The number of benzene rings is 2. The lowest BCUT2D eigenvalue weighted by Crippen LogP contribution is -2.36. The smallest absolute Gasteiger partial charge is 0.306 e. The van der Waals surface area contributed by atoms with E-state index in [1.54, 1.807) is 11.3 Å². The first kappa shape index (κ1) is 25.5. The highest BCUT2D eigenvalue weighted by Crippen LogP contribution is 2.36. The lowest BCUT2D eigenvalue weighted by Gasteiger charge is -2.29. The van der Waals surface area contributed by atoms with Crippen molar-refractivity contribution < 1.29 is 19.4 Å². The molecule has 196 valence electrons. The van der Waals surface area contributed by atoms with Crippen molar-refractivity contribution in [2.75, 3.05) is 50.0 Å². The second kappa shape index (κ2) is 11.5. The van der Waals surface area contributed by atoms with Crippen LogP contribution < -0.4 is 15.4 Å². The number of nitrogens with zero attached hydrogens (tertiary/aromatic N) is 3. The Morgan fingerprint density at radius 1 is 1.16 bits per heavy atom. The van der Waals surface area contributed by atoms with Crippen molar-refractivity contribution in [2.24, 2.45) is 5.92 Å². The first-order chi connectivity index (χ1) is 18.0. The SMILES string of the molecule is Cc1cc(CN2CCOCC2)ccc1COc1ccc(N)cc1-c1csc(N2CCC(C(=O)O)CC2)n1. The van der Waals surface area contributed by atoms with Crippen molar-refractivity contribution in [3.05, 3.63) is 58.5 Å². The Hall–Kier alpha value is -3.14. The van der Waals surface area contributed by atoms with Crippen molar-refractivity contribution in [2.45, 2.75) is 32.9 Å². The van der Waals surface area contributed by atoms with Gasteiger partial charge in [0.15, 0.2) is 5.13 Å². The van der Waals surface area contributed by atoms with E-state index in [2.05, 4.69) is 34.9 Å². The minimum Gasteiger partial charge on any atom is -0.488 e. The number of aryl methyl sites for hydroxylation is 1. The van der Waals surface area contributed by atoms with Crippen molar-refractivity contribution in [3.8, 4) is 17.0 Å². The fourth-order valence-corrected chi connectivity index (χ4v) is 5.80. The van der Waals surface area contributed by atoms with Gasteiger partial charge in [0.05, 0.1) is 24.8 Å². The minimum absolute atomic E-state index is 0.263. The molecule has 2 saturated heterocycles. The number of hydrogen-bond acceptors (Lipinski definition) is 8. The van der Waals surface area contributed by atoms with Crippen molar-refractivity contribution in [1.82, 2.24) is 9.88 Å². The summed E-state index contributed by atoms with van der Waals surface area (Å²) in [6.07, 6.45) is 1.28. The third-order valence-electron chi connectivity index (χ3n) is 7.19. The molecule has 0 amide bonds. The van der Waals surface area contributed by atoms with Gasteiger partial charge >= 0.3 is 5.97 Å². The quantitative estimate of drug-likeness (QED) is 0.420. The summed E-state index contributed by atoms with van der Waals surface area (Å²) in [6.45, 7) is 8.48. The number of aliphatic carboxylic acids is 1. The number of piperidine rings is 1. The highest BCUT2D eigenvalue weighted by Gasteiger charge is 2.26. The molecule has 9 heteroatoms. The molecule has 8 nitrogen and oxygen atoms in total. The van der Waals surface area contributed by atoms with E-state index in [0.717, 1.165) is 60.5 Å². The van der Waals surface area contributed by atoms with E-state index in [0.29, 0.717) is 38.2 Å². The molecular weight excluding hydrogens is 488 g/mol. The van der Waals surface area contributed by atoms with Crippen LogP contribution in [0.1, 0.15) is 29.5 Å². The van der Waals surface area contributed by atoms with Crippen LogP contribution in [0.5, 0.6) is 5.75 Å². The number of morpholine rings is 1. The van der Waals surface area contributed by atoms with Crippen LogP contribution in [0.4, 0.5) is 10.8 Å². The van der Waals surface area contributed by atoms with Crippen molar-refractivity contribution in [3.63, 3.8) is 0 Å². The number of hydrogen-bond donors (Lipinski definition) is 2. The van der Waals surface area contributed by atoms with Gasteiger partial charge in [0.2, 0.25) is 0 Å². The highest BCUT2D eigenvalue weighted by atomic mass is 32.1. The van der Waals surface area contributed by atoms with E-state index >= 15 is 0 Å². The summed E-state index contributed by atoms with van der Waals surface area (Å²) in [5.41, 5.74) is 12.1. The second-order valence-electron chi connectivity index (χ2n) is 9.81. The summed E-state index contributed by atoms with van der Waals surface area (Å²) < 4.78 is 11.8. The third kappa shape index (κ3) is 6.23. The molecule has 1 aromatic heterocycles. The first-order valence-electron chi connectivity index (χ1n) is 12.8. The van der Waals surface area contributed by atoms with E-state index in [9.17, 15) is 9.90 Å². The zero-order valence-electron chi connectivity index (χ0n) is 21.2. The van der Waals surface area contributed by atoms with Crippen LogP contribution in [0.15, 0.2) is 41.8 Å². The monoisotopic (exact) mass is 522 g/mol. The molecule has 5 rings (SSSR count). The van der Waals surface area contributed by atoms with E-state index in [1.807, 2.05) is 23.6 Å². The number of nitrogen functional groups attached to an aromatic ring is 1. The number of aromatic nitrogens is 1. The van der Waals surface area contributed by atoms with Crippen molar-refractivity contribution >= 4 is 28.1 Å². The van der Waals surface area contributed by atoms with Gasteiger partial charge in [-0.1, -0.05) is 18.2 Å². The Balaban J connectivity index is 1.26. The molecule has 0 atom stereocenters. The summed E-state index contributed by atoms with van der Waals surface area (Å²) >= 11 is 1.57. The predicted molar refractivity (Wildman–Crippen MR) is 146 cm³/mol. The van der Waals surface area contributed by atoms with E-state index in [1.165, 1.54) is 11.1 Å². The van der Waals surface area contributed by atoms with Crippen molar-refractivity contribution in [1.29, 1.82) is 0 Å². The highest BCUT2D eigenvalue weighted by molar-refractivity contribution is 7.14. The summed E-state index contributed by atoms with van der Waals surface area (Å²) in [7, 11) is 0. The summed E-state index contributed by atoms with van der Waals surface area (Å²) in [5, 5.41) is 12.2. The maximum absolute atomic E-state index is 11.3. The molecule has 0 aliphatic carbocycles. The summed E-state index contributed by atoms with van der Waals surface area (Å²) in [6, 6.07) is 12.3. The maximum atomic E-state index is 11.3. The molecule has 0 radical (unpaired) electrons. The summed E-state index contributed by atoms with van der Waals surface area (Å²) in [5.74, 6) is -0.225. The molecule has 3 aromatic rings. The molecule has 37 heavy (non-hydrogen) atoms. The maximum Gasteiger partial charge on any atom is 0.306 e. The average molecular weight is 523 g/mol. The van der Waals surface area contributed by atoms with Crippen LogP contribution >= 0.6 is 11.3 Å². The van der Waals surface area contributed by atoms with Crippen LogP contribution in [0, 0.1) is 12.8 Å². The molecule has 2 aromatic carbocycles. The molecule has 0 unspecified atom stereocenters.